The van der Waals surface area contributed by atoms with Gasteiger partial charge in [-0.1, -0.05) is 13.8 Å². The topological polar surface area (TPSA) is 72.9 Å². The predicted octanol–water partition coefficient (Wildman–Crippen LogP) is 1.52. The Morgan fingerprint density at radius 2 is 1.78 bits per heavy atom. The molecule has 1 amide bonds. The first-order valence-electron chi connectivity index (χ1n) is 8.30. The van der Waals surface area contributed by atoms with Crippen molar-refractivity contribution in [3.05, 3.63) is 0 Å². The molecule has 6 heteroatoms. The zero-order chi connectivity index (χ0) is 17.0. The fourth-order valence-electron chi connectivity index (χ4n) is 4.46. The number of esters is 2. The van der Waals surface area contributed by atoms with Crippen LogP contribution in [0.5, 0.6) is 0 Å². The van der Waals surface area contributed by atoms with E-state index in [2.05, 4.69) is 0 Å². The normalized spacial score (nSPS) is 36.0. The summed E-state index contributed by atoms with van der Waals surface area (Å²) in [6.45, 7) is 6.84. The van der Waals surface area contributed by atoms with Gasteiger partial charge < -0.3 is 14.4 Å². The van der Waals surface area contributed by atoms with Crippen molar-refractivity contribution >= 4 is 17.8 Å². The third kappa shape index (κ3) is 1.90. The van der Waals surface area contributed by atoms with Crippen LogP contribution in [0.25, 0.3) is 0 Å². The maximum Gasteiger partial charge on any atom is 0.313 e. The monoisotopic (exact) mass is 323 g/mol. The Hall–Kier alpha value is -1.59. The Labute approximate surface area is 136 Å². The first-order chi connectivity index (χ1) is 10.7. The highest BCUT2D eigenvalue weighted by atomic mass is 16.6. The van der Waals surface area contributed by atoms with Crippen molar-refractivity contribution in [3.8, 4) is 0 Å². The van der Waals surface area contributed by atoms with Gasteiger partial charge in [0.15, 0.2) is 5.60 Å². The van der Waals surface area contributed by atoms with Crippen LogP contribution in [0.3, 0.4) is 0 Å². The summed E-state index contributed by atoms with van der Waals surface area (Å²) in [6.07, 6.45) is 2.46. The number of ether oxygens (including phenoxy) is 2. The number of methoxy groups -OCH3 is 1. The number of rotatable bonds is 2. The van der Waals surface area contributed by atoms with Gasteiger partial charge in [-0.2, -0.15) is 0 Å². The van der Waals surface area contributed by atoms with Crippen LogP contribution >= 0.6 is 0 Å². The maximum atomic E-state index is 13.2. The molecule has 2 bridgehead atoms. The quantitative estimate of drug-likeness (QED) is 0.720. The van der Waals surface area contributed by atoms with Gasteiger partial charge in [-0.3, -0.25) is 14.4 Å². The van der Waals surface area contributed by atoms with E-state index in [-0.39, 0.29) is 23.8 Å². The second kappa shape index (κ2) is 4.95. The zero-order valence-electron chi connectivity index (χ0n) is 14.3. The van der Waals surface area contributed by atoms with Crippen LogP contribution in [-0.4, -0.2) is 48.5 Å². The van der Waals surface area contributed by atoms with Gasteiger partial charge in [0.1, 0.15) is 0 Å². The van der Waals surface area contributed by atoms with Crippen molar-refractivity contribution in [1.29, 1.82) is 0 Å². The van der Waals surface area contributed by atoms with Crippen LogP contribution in [0, 0.1) is 16.7 Å². The lowest BCUT2D eigenvalue weighted by Gasteiger charge is -2.41. The molecule has 3 rings (SSSR count). The SMILES string of the molecule is COC(=O)C1CCN(C(=O)[C@]23CC[C@@](C)(C(=O)O2)C3(C)C)CC1. The smallest absolute Gasteiger partial charge is 0.313 e. The van der Waals surface area contributed by atoms with Gasteiger partial charge >= 0.3 is 11.9 Å². The third-order valence-corrected chi connectivity index (χ3v) is 6.75. The van der Waals surface area contributed by atoms with Gasteiger partial charge in [-0.25, -0.2) is 0 Å². The summed E-state index contributed by atoms with van der Waals surface area (Å²) in [5.74, 6) is -0.710. The van der Waals surface area contributed by atoms with E-state index in [4.69, 9.17) is 9.47 Å². The van der Waals surface area contributed by atoms with E-state index < -0.39 is 16.4 Å². The number of piperidine rings is 1. The van der Waals surface area contributed by atoms with E-state index in [0.29, 0.717) is 38.8 Å². The summed E-state index contributed by atoms with van der Waals surface area (Å²) in [5.41, 5.74) is -2.16. The van der Waals surface area contributed by atoms with Gasteiger partial charge in [0.05, 0.1) is 18.4 Å². The van der Waals surface area contributed by atoms with Crippen LogP contribution in [0.15, 0.2) is 0 Å². The number of fused-ring (bicyclic) bond motifs is 2. The molecule has 0 N–H and O–H groups in total. The molecule has 0 radical (unpaired) electrons. The number of nitrogens with zero attached hydrogens (tertiary/aromatic N) is 1. The Bertz CT molecular complexity index is 563. The molecule has 3 fully saturated rings. The van der Waals surface area contributed by atoms with E-state index in [9.17, 15) is 14.4 Å². The first-order valence-corrected chi connectivity index (χ1v) is 8.30. The predicted molar refractivity (Wildman–Crippen MR) is 81.3 cm³/mol. The minimum absolute atomic E-state index is 0.0969. The maximum absolute atomic E-state index is 13.2. The van der Waals surface area contributed by atoms with E-state index in [0.717, 1.165) is 0 Å². The summed E-state index contributed by atoms with van der Waals surface area (Å²) in [4.78, 5) is 38.8. The third-order valence-electron chi connectivity index (χ3n) is 6.75. The van der Waals surface area contributed by atoms with Crippen LogP contribution in [0.2, 0.25) is 0 Å². The number of hydrogen-bond acceptors (Lipinski definition) is 5. The highest BCUT2D eigenvalue weighted by Crippen LogP contribution is 2.66. The van der Waals surface area contributed by atoms with E-state index in [1.807, 2.05) is 20.8 Å². The lowest BCUT2D eigenvalue weighted by Crippen LogP contribution is -2.56. The Kier molecular flexibility index (Phi) is 3.50. The molecule has 2 atom stereocenters. The second-order valence-electron chi connectivity index (χ2n) is 7.76. The lowest BCUT2D eigenvalue weighted by atomic mass is 9.66. The standard InChI is InChI=1S/C17H25NO5/c1-15(2)16(3)7-8-17(15,23-14(16)21)13(20)18-9-5-11(6-10-18)12(19)22-4/h11H,5-10H2,1-4H3/t16-,17-/m0/s1. The molecule has 23 heavy (non-hydrogen) atoms. The molecule has 2 heterocycles. The van der Waals surface area contributed by atoms with Crippen molar-refractivity contribution in [3.63, 3.8) is 0 Å². The van der Waals surface area contributed by atoms with Crippen LogP contribution in [0.4, 0.5) is 0 Å². The minimum atomic E-state index is -1.04. The first kappa shape index (κ1) is 16.3. The molecule has 0 aromatic rings. The molecule has 1 saturated carbocycles. The average Bonchev–Trinajstić information content (AvgIpc) is 2.84. The van der Waals surface area contributed by atoms with E-state index in [1.54, 1.807) is 4.90 Å². The van der Waals surface area contributed by atoms with E-state index >= 15 is 0 Å². The number of amides is 1. The number of hydrogen-bond donors (Lipinski definition) is 0. The zero-order valence-corrected chi connectivity index (χ0v) is 14.3. The Balaban J connectivity index is 1.77. The van der Waals surface area contributed by atoms with Crippen molar-refractivity contribution in [2.24, 2.45) is 16.7 Å². The largest absolute Gasteiger partial charge is 0.469 e. The molecule has 0 aromatic carbocycles. The van der Waals surface area contributed by atoms with Gasteiger partial charge in [0.25, 0.3) is 5.91 Å². The van der Waals surface area contributed by atoms with Gasteiger partial charge in [0, 0.05) is 18.5 Å². The van der Waals surface area contributed by atoms with Crippen LogP contribution in [-0.2, 0) is 23.9 Å². The van der Waals surface area contributed by atoms with Crippen LogP contribution < -0.4 is 0 Å². The summed E-state index contributed by atoms with van der Waals surface area (Å²) in [6, 6.07) is 0. The molecule has 2 saturated heterocycles. The Morgan fingerprint density at radius 3 is 2.22 bits per heavy atom. The summed E-state index contributed by atoms with van der Waals surface area (Å²) in [7, 11) is 1.39. The van der Waals surface area contributed by atoms with Crippen molar-refractivity contribution < 1.29 is 23.9 Å². The molecule has 3 aliphatic rings. The van der Waals surface area contributed by atoms with Crippen LogP contribution in [0.1, 0.15) is 46.5 Å². The minimum Gasteiger partial charge on any atom is -0.469 e. The fourth-order valence-corrected chi connectivity index (χ4v) is 4.46. The summed E-state index contributed by atoms with van der Waals surface area (Å²) < 4.78 is 10.4. The van der Waals surface area contributed by atoms with Crippen molar-refractivity contribution in [1.82, 2.24) is 4.90 Å². The summed E-state index contributed by atoms with van der Waals surface area (Å²) >= 11 is 0. The molecular formula is C17H25NO5. The molecule has 0 spiro atoms. The lowest BCUT2D eigenvalue weighted by molar-refractivity contribution is -0.175. The van der Waals surface area contributed by atoms with Gasteiger partial charge in [-0.15, -0.1) is 0 Å². The Morgan fingerprint density at radius 1 is 1.17 bits per heavy atom. The second-order valence-corrected chi connectivity index (χ2v) is 7.76. The molecule has 128 valence electrons. The average molecular weight is 323 g/mol. The van der Waals surface area contributed by atoms with E-state index in [1.165, 1.54) is 7.11 Å². The molecule has 0 unspecified atom stereocenters. The van der Waals surface area contributed by atoms with Crippen molar-refractivity contribution in [2.75, 3.05) is 20.2 Å². The number of likely N-dealkylation sites (tertiary alicyclic amines) is 1. The number of carbonyl (C=O) groups is 3. The van der Waals surface area contributed by atoms with Crippen molar-refractivity contribution in [2.45, 2.75) is 52.1 Å². The molecule has 6 nitrogen and oxygen atoms in total. The molecular weight excluding hydrogens is 298 g/mol. The molecule has 0 aromatic heterocycles. The summed E-state index contributed by atoms with van der Waals surface area (Å²) in [5, 5.41) is 0. The van der Waals surface area contributed by atoms with Gasteiger partial charge in [-0.05, 0) is 32.6 Å². The highest BCUT2D eigenvalue weighted by Gasteiger charge is 2.76. The fraction of sp³-hybridized carbons (Fsp3) is 0.824. The highest BCUT2D eigenvalue weighted by molar-refractivity contribution is 5.96. The molecule has 1 aliphatic carbocycles. The molecule has 2 aliphatic heterocycles. The van der Waals surface area contributed by atoms with Gasteiger partial charge in [0.2, 0.25) is 0 Å². The number of carbonyl (C=O) groups excluding carboxylic acids is 3.